The Morgan fingerprint density at radius 1 is 1.00 bits per heavy atom. The van der Waals surface area contributed by atoms with Crippen LogP contribution >= 0.6 is 0 Å². The van der Waals surface area contributed by atoms with Crippen LogP contribution in [0, 0.1) is 0 Å². The van der Waals surface area contributed by atoms with Gasteiger partial charge >= 0.3 is 12.2 Å². The first-order chi connectivity index (χ1) is 14.2. The molecule has 1 aliphatic heterocycles. The average Bonchev–Trinajstić information content (AvgIpc) is 2.98. The lowest BCUT2D eigenvalue weighted by Gasteiger charge is -2.30. The van der Waals surface area contributed by atoms with Crippen LogP contribution in [-0.4, -0.2) is 43.9 Å². The molecule has 11 heteroatoms. The molecule has 0 aromatic heterocycles. The van der Waals surface area contributed by atoms with Crippen LogP contribution < -0.4 is 25.0 Å². The molecular weight excluding hydrogens is 407 g/mol. The minimum absolute atomic E-state index is 0.00460. The number of rotatable bonds is 5. The number of para-hydroxylation sites is 3. The van der Waals surface area contributed by atoms with E-state index in [-0.39, 0.29) is 27.6 Å². The number of hydrogen-bond donors (Lipinski definition) is 2. The molecule has 2 aromatic rings. The van der Waals surface area contributed by atoms with Gasteiger partial charge in [-0.2, -0.15) is 13.2 Å². The van der Waals surface area contributed by atoms with Crippen molar-refractivity contribution >= 4 is 23.5 Å². The number of hydrogen-bond acceptors (Lipinski definition) is 5. The van der Waals surface area contributed by atoms with Crippen LogP contribution in [0.3, 0.4) is 0 Å². The summed E-state index contributed by atoms with van der Waals surface area (Å²) in [7, 11) is 2.47. The van der Waals surface area contributed by atoms with Gasteiger partial charge < -0.3 is 14.8 Å². The lowest BCUT2D eigenvalue weighted by Crippen LogP contribution is -2.69. The molecule has 0 radical (unpaired) electrons. The molecule has 4 amide bonds. The second kappa shape index (κ2) is 7.58. The number of anilines is 1. The molecule has 0 saturated carbocycles. The number of ether oxygens (including phenoxy) is 2. The number of carbonyl (C=O) groups excluding carboxylic acids is 3. The summed E-state index contributed by atoms with van der Waals surface area (Å²) in [6.07, 6.45) is -5.35. The summed E-state index contributed by atoms with van der Waals surface area (Å²) in [6, 6.07) is 9.68. The van der Waals surface area contributed by atoms with E-state index in [1.54, 1.807) is 10.6 Å². The van der Waals surface area contributed by atoms with E-state index in [0.717, 1.165) is 0 Å². The second-order valence-corrected chi connectivity index (χ2v) is 6.14. The molecule has 1 atom stereocenters. The van der Waals surface area contributed by atoms with E-state index in [2.05, 4.69) is 0 Å². The maximum absolute atomic E-state index is 14.0. The first-order valence-corrected chi connectivity index (χ1v) is 8.48. The lowest BCUT2D eigenvalue weighted by molar-refractivity contribution is -0.197. The zero-order chi connectivity index (χ0) is 22.1. The first-order valence-electron chi connectivity index (χ1n) is 8.48. The number of urea groups is 1. The van der Waals surface area contributed by atoms with Crippen LogP contribution in [0.2, 0.25) is 0 Å². The van der Waals surface area contributed by atoms with E-state index >= 15 is 0 Å². The number of benzene rings is 2. The smallest absolute Gasteiger partial charge is 0.440 e. The van der Waals surface area contributed by atoms with E-state index in [1.165, 1.54) is 62.8 Å². The van der Waals surface area contributed by atoms with Crippen molar-refractivity contribution in [2.24, 2.45) is 0 Å². The Morgan fingerprint density at radius 3 is 2.17 bits per heavy atom. The van der Waals surface area contributed by atoms with Gasteiger partial charge in [0.1, 0.15) is 11.5 Å². The molecule has 8 nitrogen and oxygen atoms in total. The highest BCUT2D eigenvalue weighted by Gasteiger charge is 2.69. The van der Waals surface area contributed by atoms with Gasteiger partial charge in [0.05, 0.1) is 25.5 Å². The number of methoxy groups -OCH3 is 2. The molecule has 1 saturated heterocycles. The topological polar surface area (TPSA) is 97.0 Å². The molecule has 2 N–H and O–H groups in total. The average molecular weight is 423 g/mol. The third-order valence-corrected chi connectivity index (χ3v) is 4.43. The molecule has 1 heterocycles. The number of nitrogens with zero attached hydrogens (tertiary/aromatic N) is 1. The van der Waals surface area contributed by atoms with Crippen molar-refractivity contribution in [3.05, 3.63) is 54.1 Å². The number of carbonyl (C=O) groups is 3. The molecule has 1 aliphatic rings. The normalized spacial score (nSPS) is 18.8. The molecular formula is C19H16F3N3O5. The van der Waals surface area contributed by atoms with E-state index in [1.807, 2.05) is 0 Å². The minimum Gasteiger partial charge on any atom is -0.496 e. The van der Waals surface area contributed by atoms with E-state index in [0.29, 0.717) is 0 Å². The zero-order valence-corrected chi connectivity index (χ0v) is 15.7. The Kier molecular flexibility index (Phi) is 5.29. The van der Waals surface area contributed by atoms with Crippen LogP contribution in [0.5, 0.6) is 11.5 Å². The Labute approximate surface area is 168 Å². The molecule has 0 aliphatic carbocycles. The minimum atomic E-state index is -5.35. The van der Waals surface area contributed by atoms with Crippen LogP contribution in [0.4, 0.5) is 23.7 Å². The van der Waals surface area contributed by atoms with Crippen LogP contribution in [0.15, 0.2) is 48.5 Å². The molecule has 0 unspecified atom stereocenters. The third-order valence-electron chi connectivity index (χ3n) is 4.43. The van der Waals surface area contributed by atoms with Gasteiger partial charge in [-0.05, 0) is 24.3 Å². The second-order valence-electron chi connectivity index (χ2n) is 6.14. The largest absolute Gasteiger partial charge is 0.496 e. The third kappa shape index (κ3) is 3.27. The van der Waals surface area contributed by atoms with Crippen LogP contribution in [-0.2, 0) is 4.79 Å². The van der Waals surface area contributed by atoms with Gasteiger partial charge in [-0.3, -0.25) is 14.9 Å². The van der Waals surface area contributed by atoms with Gasteiger partial charge in [0.2, 0.25) is 0 Å². The van der Waals surface area contributed by atoms with E-state index < -0.39 is 29.7 Å². The fraction of sp³-hybridized carbons (Fsp3) is 0.211. The predicted octanol–water partition coefficient (Wildman–Crippen LogP) is 2.45. The Balaban J connectivity index is 2.05. The molecule has 30 heavy (non-hydrogen) atoms. The summed E-state index contributed by atoms with van der Waals surface area (Å²) < 4.78 is 52.1. The maximum atomic E-state index is 14.0. The molecule has 0 bridgehead atoms. The van der Waals surface area contributed by atoms with Crippen molar-refractivity contribution in [1.82, 2.24) is 10.6 Å². The van der Waals surface area contributed by atoms with Crippen molar-refractivity contribution in [3.63, 3.8) is 0 Å². The van der Waals surface area contributed by atoms with Crippen molar-refractivity contribution in [2.45, 2.75) is 11.8 Å². The number of alkyl halides is 3. The Morgan fingerprint density at radius 2 is 1.57 bits per heavy atom. The molecule has 3 rings (SSSR count). The number of halogens is 3. The maximum Gasteiger partial charge on any atom is 0.440 e. The van der Waals surface area contributed by atoms with E-state index in [4.69, 9.17) is 9.47 Å². The zero-order valence-electron chi connectivity index (χ0n) is 15.7. The van der Waals surface area contributed by atoms with Crippen molar-refractivity contribution < 1.29 is 37.0 Å². The number of amides is 4. The predicted molar refractivity (Wildman–Crippen MR) is 98.3 cm³/mol. The summed E-state index contributed by atoms with van der Waals surface area (Å²) in [6.45, 7) is 0. The van der Waals surface area contributed by atoms with Gasteiger partial charge in [0.15, 0.2) is 0 Å². The van der Waals surface area contributed by atoms with E-state index in [9.17, 15) is 27.6 Å². The fourth-order valence-electron chi connectivity index (χ4n) is 2.98. The van der Waals surface area contributed by atoms with Gasteiger partial charge in [0, 0.05) is 0 Å². The van der Waals surface area contributed by atoms with Gasteiger partial charge in [0.25, 0.3) is 17.5 Å². The SMILES string of the molecule is COc1ccccc1C(=O)N[C@]1(C(F)(F)F)NC(=O)N(c2ccccc2OC)C1=O. The standard InChI is InChI=1S/C19H16F3N3O5/c1-29-13-9-5-3-7-11(13)15(26)23-18(19(20,21)22)16(27)25(17(28)24-18)12-8-4-6-10-14(12)30-2/h3-10H,1-2H3,(H,23,26)(H,24,28)/t18-/m0/s1. The van der Waals surface area contributed by atoms with Crippen LogP contribution in [0.25, 0.3) is 0 Å². The molecule has 158 valence electrons. The summed E-state index contributed by atoms with van der Waals surface area (Å²) in [5.74, 6) is -3.01. The summed E-state index contributed by atoms with van der Waals surface area (Å²) in [5.41, 5.74) is -4.13. The highest BCUT2D eigenvalue weighted by molar-refractivity contribution is 6.25. The molecule has 2 aromatic carbocycles. The number of nitrogens with one attached hydrogen (secondary N) is 2. The Hall–Kier alpha value is -3.76. The van der Waals surface area contributed by atoms with Crippen molar-refractivity contribution in [1.29, 1.82) is 0 Å². The molecule has 1 fully saturated rings. The highest BCUT2D eigenvalue weighted by atomic mass is 19.4. The van der Waals surface area contributed by atoms with Gasteiger partial charge in [-0.15, -0.1) is 0 Å². The highest BCUT2D eigenvalue weighted by Crippen LogP contribution is 2.38. The van der Waals surface area contributed by atoms with Crippen LogP contribution in [0.1, 0.15) is 10.4 Å². The first kappa shape index (κ1) is 21.0. The lowest BCUT2D eigenvalue weighted by atomic mass is 10.1. The number of imide groups is 1. The van der Waals surface area contributed by atoms with Gasteiger partial charge in [-0.1, -0.05) is 24.3 Å². The Bertz CT molecular complexity index is 1010. The fourth-order valence-corrected chi connectivity index (χ4v) is 2.98. The molecule has 0 spiro atoms. The summed E-state index contributed by atoms with van der Waals surface area (Å²) in [4.78, 5) is 38.2. The monoisotopic (exact) mass is 423 g/mol. The quantitative estimate of drug-likeness (QED) is 0.721. The summed E-state index contributed by atoms with van der Waals surface area (Å²) in [5, 5.41) is 3.21. The van der Waals surface area contributed by atoms with Gasteiger partial charge in [-0.25, -0.2) is 9.69 Å². The van der Waals surface area contributed by atoms with Crippen molar-refractivity contribution in [3.8, 4) is 11.5 Å². The van der Waals surface area contributed by atoms with Crippen molar-refractivity contribution in [2.75, 3.05) is 19.1 Å². The summed E-state index contributed by atoms with van der Waals surface area (Å²) >= 11 is 0.